The van der Waals surface area contributed by atoms with Gasteiger partial charge < -0.3 is 15.5 Å². The number of rotatable bonds is 5. The molecule has 0 saturated carbocycles. The molecular weight excluding hydrogens is 302 g/mol. The van der Waals surface area contributed by atoms with E-state index in [0.29, 0.717) is 5.82 Å². The lowest BCUT2D eigenvalue weighted by atomic mass is 10.2. The van der Waals surface area contributed by atoms with Gasteiger partial charge in [0, 0.05) is 4.88 Å². The minimum absolute atomic E-state index is 0.407. The molecule has 7 heteroatoms. The van der Waals surface area contributed by atoms with E-state index < -0.39 is 18.6 Å². The van der Waals surface area contributed by atoms with Gasteiger partial charge in [-0.15, -0.1) is 11.3 Å². The van der Waals surface area contributed by atoms with Crippen LogP contribution in [0.25, 0.3) is 20.7 Å². The van der Waals surface area contributed by atoms with Gasteiger partial charge in [0.05, 0.1) is 12.0 Å². The van der Waals surface area contributed by atoms with Crippen LogP contribution in [0.15, 0.2) is 42.7 Å². The van der Waals surface area contributed by atoms with E-state index in [2.05, 4.69) is 15.3 Å². The number of hydrogen-bond donors (Lipinski definition) is 3. The number of aliphatic hydroxyl groups excluding tert-OH is 1. The molecule has 3 N–H and O–H groups in total. The fraction of sp³-hybridized carbons (Fsp3) is 0.133. The molecule has 2 aromatic heterocycles. The molecule has 0 aliphatic carbocycles. The fourth-order valence-corrected chi connectivity index (χ4v) is 3.07. The van der Waals surface area contributed by atoms with Crippen LogP contribution in [0.4, 0.5) is 5.82 Å². The highest BCUT2D eigenvalue weighted by atomic mass is 32.1. The highest BCUT2D eigenvalue weighted by Gasteiger charge is 2.18. The molecule has 0 bridgehead atoms. The van der Waals surface area contributed by atoms with Gasteiger partial charge in [-0.25, -0.2) is 14.8 Å². The molecule has 112 valence electrons. The van der Waals surface area contributed by atoms with Crippen LogP contribution in [0, 0.1) is 0 Å². The summed E-state index contributed by atoms with van der Waals surface area (Å²) in [6.45, 7) is -0.517. The third-order valence-electron chi connectivity index (χ3n) is 3.18. The summed E-state index contributed by atoms with van der Waals surface area (Å²) >= 11 is 1.51. The average molecular weight is 315 g/mol. The summed E-state index contributed by atoms with van der Waals surface area (Å²) in [4.78, 5) is 21.1. The van der Waals surface area contributed by atoms with Crippen LogP contribution >= 0.6 is 11.3 Å². The zero-order valence-electron chi connectivity index (χ0n) is 11.4. The average Bonchev–Trinajstić information content (AvgIpc) is 2.98. The van der Waals surface area contributed by atoms with Crippen molar-refractivity contribution in [2.24, 2.45) is 0 Å². The van der Waals surface area contributed by atoms with Crippen LogP contribution in [0.2, 0.25) is 0 Å². The van der Waals surface area contributed by atoms with Gasteiger partial charge in [0.15, 0.2) is 0 Å². The first kappa shape index (κ1) is 14.4. The molecule has 0 spiro atoms. The molecule has 6 nitrogen and oxygen atoms in total. The molecule has 1 aromatic carbocycles. The van der Waals surface area contributed by atoms with Crippen molar-refractivity contribution in [3.63, 3.8) is 0 Å². The first-order valence-corrected chi connectivity index (χ1v) is 7.41. The lowest BCUT2D eigenvalue weighted by Crippen LogP contribution is -2.33. The number of nitrogens with one attached hydrogen (secondary N) is 1. The predicted octanol–water partition coefficient (Wildman–Crippen LogP) is 2.22. The lowest BCUT2D eigenvalue weighted by molar-refractivity contribution is -0.138. The first-order valence-electron chi connectivity index (χ1n) is 6.59. The Bertz CT molecular complexity index is 804. The zero-order valence-corrected chi connectivity index (χ0v) is 12.2. The number of aliphatic carboxylic acids is 1. The van der Waals surface area contributed by atoms with Crippen LogP contribution in [0.5, 0.6) is 0 Å². The largest absolute Gasteiger partial charge is 0.480 e. The summed E-state index contributed by atoms with van der Waals surface area (Å²) in [5.74, 6) is -0.724. The Kier molecular flexibility index (Phi) is 3.99. The van der Waals surface area contributed by atoms with Crippen molar-refractivity contribution in [2.75, 3.05) is 11.9 Å². The van der Waals surface area contributed by atoms with Crippen molar-refractivity contribution >= 4 is 33.3 Å². The minimum Gasteiger partial charge on any atom is -0.480 e. The molecule has 0 radical (unpaired) electrons. The molecule has 0 saturated heterocycles. The van der Waals surface area contributed by atoms with Crippen LogP contribution in [0.1, 0.15) is 0 Å². The quantitative estimate of drug-likeness (QED) is 0.668. The second kappa shape index (κ2) is 6.08. The second-order valence-electron chi connectivity index (χ2n) is 4.64. The van der Waals surface area contributed by atoms with Gasteiger partial charge >= 0.3 is 5.97 Å². The molecule has 22 heavy (non-hydrogen) atoms. The normalized spacial score (nSPS) is 12.2. The molecule has 0 amide bonds. The first-order chi connectivity index (χ1) is 10.7. The summed E-state index contributed by atoms with van der Waals surface area (Å²) in [6, 6.07) is 10.7. The fourth-order valence-electron chi connectivity index (χ4n) is 2.07. The number of aromatic nitrogens is 2. The van der Waals surface area contributed by atoms with Gasteiger partial charge in [-0.2, -0.15) is 0 Å². The number of thiophene rings is 1. The summed E-state index contributed by atoms with van der Waals surface area (Å²) in [5.41, 5.74) is 1.06. The number of hydrogen-bond acceptors (Lipinski definition) is 6. The maximum atomic E-state index is 11.0. The SMILES string of the molecule is O=C(O)C(CO)Nc1ncnc2sc(-c3ccccc3)cc12. The Labute approximate surface area is 130 Å². The van der Waals surface area contributed by atoms with E-state index in [1.54, 1.807) is 0 Å². The number of benzene rings is 1. The molecule has 0 fully saturated rings. The van der Waals surface area contributed by atoms with Gasteiger partial charge in [0.1, 0.15) is 23.0 Å². The molecule has 0 aliphatic rings. The van der Waals surface area contributed by atoms with E-state index in [1.165, 1.54) is 17.7 Å². The Morgan fingerprint density at radius 3 is 2.73 bits per heavy atom. The van der Waals surface area contributed by atoms with Gasteiger partial charge in [-0.3, -0.25) is 0 Å². The Balaban J connectivity index is 2.02. The number of nitrogens with zero attached hydrogens (tertiary/aromatic N) is 2. The summed E-state index contributed by atoms with van der Waals surface area (Å²) < 4.78 is 0. The number of carbonyl (C=O) groups is 1. The van der Waals surface area contributed by atoms with Crippen LogP contribution < -0.4 is 5.32 Å². The highest BCUT2D eigenvalue weighted by molar-refractivity contribution is 7.21. The van der Waals surface area contributed by atoms with Crippen molar-refractivity contribution in [3.05, 3.63) is 42.7 Å². The van der Waals surface area contributed by atoms with Crippen molar-refractivity contribution < 1.29 is 15.0 Å². The summed E-state index contributed by atoms with van der Waals surface area (Å²) in [7, 11) is 0. The van der Waals surface area contributed by atoms with Gasteiger partial charge in [-0.1, -0.05) is 30.3 Å². The smallest absolute Gasteiger partial charge is 0.328 e. The second-order valence-corrected chi connectivity index (χ2v) is 5.67. The monoisotopic (exact) mass is 315 g/mol. The van der Waals surface area contributed by atoms with E-state index in [1.807, 2.05) is 36.4 Å². The third-order valence-corrected chi connectivity index (χ3v) is 4.27. The Morgan fingerprint density at radius 1 is 1.27 bits per heavy atom. The molecule has 1 atom stereocenters. The predicted molar refractivity (Wildman–Crippen MR) is 85.0 cm³/mol. The number of aliphatic hydroxyl groups is 1. The molecule has 3 aromatic rings. The standard InChI is InChI=1S/C15H13N3O3S/c19-7-11(15(20)21)18-13-10-6-12(9-4-2-1-3-5-9)22-14(10)17-8-16-13/h1-6,8,11,19H,7H2,(H,20,21)(H,16,17,18). The van der Waals surface area contributed by atoms with E-state index in [-0.39, 0.29) is 0 Å². The van der Waals surface area contributed by atoms with Crippen molar-refractivity contribution in [1.29, 1.82) is 0 Å². The summed E-state index contributed by atoms with van der Waals surface area (Å²) in [6.07, 6.45) is 1.38. The number of carboxylic acids is 1. The van der Waals surface area contributed by atoms with Crippen molar-refractivity contribution in [1.82, 2.24) is 9.97 Å². The van der Waals surface area contributed by atoms with Crippen LogP contribution in [-0.4, -0.2) is 38.8 Å². The third kappa shape index (κ3) is 2.76. The van der Waals surface area contributed by atoms with Crippen LogP contribution in [0.3, 0.4) is 0 Å². The van der Waals surface area contributed by atoms with Crippen LogP contribution in [-0.2, 0) is 4.79 Å². The van der Waals surface area contributed by atoms with Crippen molar-refractivity contribution in [2.45, 2.75) is 6.04 Å². The van der Waals surface area contributed by atoms with E-state index >= 15 is 0 Å². The molecular formula is C15H13N3O3S. The molecule has 1 unspecified atom stereocenters. The number of fused-ring (bicyclic) bond motifs is 1. The minimum atomic E-state index is -1.13. The lowest BCUT2D eigenvalue weighted by Gasteiger charge is -2.12. The molecule has 0 aliphatic heterocycles. The van der Waals surface area contributed by atoms with Gasteiger partial charge in [0.25, 0.3) is 0 Å². The van der Waals surface area contributed by atoms with E-state index in [9.17, 15) is 4.79 Å². The van der Waals surface area contributed by atoms with Gasteiger partial charge in [-0.05, 0) is 11.6 Å². The Hall–Kier alpha value is -2.51. The number of carboxylic acid groups (broad SMARTS) is 1. The van der Waals surface area contributed by atoms with Gasteiger partial charge in [0.2, 0.25) is 0 Å². The Morgan fingerprint density at radius 2 is 2.05 bits per heavy atom. The zero-order chi connectivity index (χ0) is 15.5. The summed E-state index contributed by atoms with van der Waals surface area (Å²) in [5, 5.41) is 21.6. The van der Waals surface area contributed by atoms with E-state index in [4.69, 9.17) is 10.2 Å². The maximum absolute atomic E-state index is 11.0. The molecule has 2 heterocycles. The maximum Gasteiger partial charge on any atom is 0.328 e. The van der Waals surface area contributed by atoms with Crippen molar-refractivity contribution in [3.8, 4) is 10.4 Å². The molecule has 3 rings (SSSR count). The van der Waals surface area contributed by atoms with E-state index in [0.717, 1.165) is 20.7 Å². The highest BCUT2D eigenvalue weighted by Crippen LogP contribution is 2.34. The topological polar surface area (TPSA) is 95.3 Å². The number of anilines is 1.